The third kappa shape index (κ3) is 2.93. The first-order valence-corrected chi connectivity index (χ1v) is 5.96. The topological polar surface area (TPSA) is 96.2 Å². The second kappa shape index (κ2) is 5.66. The molecule has 1 aromatic rings. The lowest BCUT2D eigenvalue weighted by molar-refractivity contribution is -0.277. The van der Waals surface area contributed by atoms with Crippen molar-refractivity contribution >= 4 is 5.97 Å². The molecule has 0 amide bonds. The van der Waals surface area contributed by atoms with E-state index in [9.17, 15) is 20.1 Å². The Morgan fingerprint density at radius 2 is 1.79 bits per heavy atom. The average molecular weight is 268 g/mol. The fourth-order valence-corrected chi connectivity index (χ4v) is 1.95. The summed E-state index contributed by atoms with van der Waals surface area (Å²) in [4.78, 5) is 11.9. The van der Waals surface area contributed by atoms with Crippen LogP contribution >= 0.6 is 0 Å². The van der Waals surface area contributed by atoms with E-state index >= 15 is 0 Å². The summed E-state index contributed by atoms with van der Waals surface area (Å²) in [6.45, 7) is 1.54. The first-order valence-electron chi connectivity index (χ1n) is 5.96. The molecular weight excluding hydrogens is 252 g/mol. The van der Waals surface area contributed by atoms with E-state index in [0.29, 0.717) is 5.56 Å². The molecule has 0 bridgehead atoms. The number of rotatable bonds is 2. The molecule has 1 fully saturated rings. The van der Waals surface area contributed by atoms with Crippen molar-refractivity contribution < 1.29 is 29.6 Å². The third-order valence-corrected chi connectivity index (χ3v) is 3.05. The molecule has 104 valence electrons. The highest BCUT2D eigenvalue weighted by atomic mass is 16.7. The normalized spacial score (nSPS) is 34.8. The van der Waals surface area contributed by atoms with E-state index in [0.717, 1.165) is 0 Å². The van der Waals surface area contributed by atoms with Gasteiger partial charge in [-0.25, -0.2) is 4.79 Å². The summed E-state index contributed by atoms with van der Waals surface area (Å²) in [5.41, 5.74) is 0.336. The van der Waals surface area contributed by atoms with E-state index in [2.05, 4.69) is 0 Å². The van der Waals surface area contributed by atoms with Gasteiger partial charge in [-0.3, -0.25) is 0 Å². The Bertz CT molecular complexity index is 434. The summed E-state index contributed by atoms with van der Waals surface area (Å²) in [6, 6.07) is 8.29. The lowest BCUT2D eigenvalue weighted by Crippen LogP contribution is -2.57. The number of carbonyl (C=O) groups is 1. The minimum atomic E-state index is -1.51. The van der Waals surface area contributed by atoms with E-state index in [1.807, 2.05) is 0 Å². The second-order valence-electron chi connectivity index (χ2n) is 4.45. The molecule has 0 radical (unpaired) electrons. The minimum absolute atomic E-state index is 0.336. The van der Waals surface area contributed by atoms with Gasteiger partial charge in [0.05, 0.1) is 11.7 Å². The molecule has 1 heterocycles. The van der Waals surface area contributed by atoms with E-state index in [1.54, 1.807) is 37.3 Å². The second-order valence-corrected chi connectivity index (χ2v) is 4.45. The predicted octanol–water partition coefficient (Wildman–Crippen LogP) is -0.329. The Kier molecular flexibility index (Phi) is 4.16. The summed E-state index contributed by atoms with van der Waals surface area (Å²) in [6.07, 6.45) is -6.15. The quantitative estimate of drug-likeness (QED) is 0.636. The number of carbonyl (C=O) groups excluding carboxylic acids is 1. The van der Waals surface area contributed by atoms with Crippen LogP contribution < -0.4 is 0 Å². The predicted molar refractivity (Wildman–Crippen MR) is 64.2 cm³/mol. The van der Waals surface area contributed by atoms with E-state index < -0.39 is 36.7 Å². The van der Waals surface area contributed by atoms with Crippen LogP contribution in [0.3, 0.4) is 0 Å². The van der Waals surface area contributed by atoms with Gasteiger partial charge in [-0.1, -0.05) is 18.2 Å². The monoisotopic (exact) mass is 268 g/mol. The van der Waals surface area contributed by atoms with Gasteiger partial charge >= 0.3 is 5.97 Å². The Balaban J connectivity index is 2.08. The highest BCUT2D eigenvalue weighted by Crippen LogP contribution is 2.23. The van der Waals surface area contributed by atoms with E-state index in [4.69, 9.17) is 9.47 Å². The van der Waals surface area contributed by atoms with E-state index in [1.165, 1.54) is 0 Å². The van der Waals surface area contributed by atoms with Crippen LogP contribution in [0.2, 0.25) is 0 Å². The molecule has 6 nitrogen and oxygen atoms in total. The van der Waals surface area contributed by atoms with E-state index in [-0.39, 0.29) is 0 Å². The van der Waals surface area contributed by atoms with Gasteiger partial charge in [0.15, 0.2) is 12.4 Å². The van der Waals surface area contributed by atoms with Gasteiger partial charge < -0.3 is 24.8 Å². The van der Waals surface area contributed by atoms with Crippen molar-refractivity contribution in [3.8, 4) is 0 Å². The van der Waals surface area contributed by atoms with Crippen molar-refractivity contribution in [3.63, 3.8) is 0 Å². The third-order valence-electron chi connectivity index (χ3n) is 3.05. The zero-order valence-electron chi connectivity index (χ0n) is 10.3. The molecule has 1 aromatic carbocycles. The van der Waals surface area contributed by atoms with Crippen LogP contribution in [0.5, 0.6) is 0 Å². The van der Waals surface area contributed by atoms with Crippen molar-refractivity contribution in [1.82, 2.24) is 0 Å². The number of hydrogen-bond acceptors (Lipinski definition) is 6. The smallest absolute Gasteiger partial charge is 0.338 e. The molecular formula is C13H16O6. The molecule has 0 spiro atoms. The average Bonchev–Trinajstić information content (AvgIpc) is 2.42. The molecule has 5 atom stereocenters. The molecule has 0 unspecified atom stereocenters. The lowest BCUT2D eigenvalue weighted by atomic mass is 10.00. The largest absolute Gasteiger partial charge is 0.453 e. The Morgan fingerprint density at radius 1 is 1.16 bits per heavy atom. The molecule has 19 heavy (non-hydrogen) atoms. The zero-order valence-corrected chi connectivity index (χ0v) is 10.3. The summed E-state index contributed by atoms with van der Waals surface area (Å²) in [5.74, 6) is -0.622. The zero-order chi connectivity index (χ0) is 14.0. The fraction of sp³-hybridized carbons (Fsp3) is 0.462. The molecule has 0 aliphatic carbocycles. The van der Waals surface area contributed by atoms with Gasteiger partial charge in [0.2, 0.25) is 0 Å². The van der Waals surface area contributed by atoms with Crippen LogP contribution in [0.1, 0.15) is 17.3 Å². The molecule has 0 aromatic heterocycles. The maximum Gasteiger partial charge on any atom is 0.338 e. The van der Waals surface area contributed by atoms with Crippen LogP contribution in [0, 0.1) is 0 Å². The molecule has 1 saturated heterocycles. The number of esters is 1. The van der Waals surface area contributed by atoms with Gasteiger partial charge in [-0.2, -0.15) is 0 Å². The van der Waals surface area contributed by atoms with Gasteiger partial charge in [0.1, 0.15) is 12.2 Å². The van der Waals surface area contributed by atoms with Crippen LogP contribution in [-0.4, -0.2) is 52.0 Å². The molecule has 1 aliphatic rings. The molecule has 0 saturated carbocycles. The summed E-state index contributed by atoms with van der Waals surface area (Å²) in [5, 5.41) is 28.6. The summed E-state index contributed by atoms with van der Waals surface area (Å²) in [7, 11) is 0. The first kappa shape index (κ1) is 14.0. The SMILES string of the molecule is C[C@@H]1O[C@@H](O)[C@H](O)[C@H](O)[C@@H]1OC(=O)c1ccccc1. The van der Waals surface area contributed by atoms with Gasteiger partial charge in [-0.15, -0.1) is 0 Å². The standard InChI is InChI=1S/C13H16O6/c1-7-11(9(14)10(15)13(17)18-7)19-12(16)8-5-3-2-4-6-8/h2-7,9-11,13-15,17H,1H3/t7-,9-,10+,11+,13+/m0/s1. The summed E-state index contributed by atoms with van der Waals surface area (Å²) < 4.78 is 10.1. The van der Waals surface area contributed by atoms with Crippen LogP contribution in [-0.2, 0) is 9.47 Å². The number of aliphatic hydroxyl groups is 3. The lowest BCUT2D eigenvalue weighted by Gasteiger charge is -2.38. The van der Waals surface area contributed by atoms with Crippen molar-refractivity contribution in [2.45, 2.75) is 37.6 Å². The van der Waals surface area contributed by atoms with Crippen LogP contribution in [0.4, 0.5) is 0 Å². The molecule has 2 rings (SSSR count). The first-order chi connectivity index (χ1) is 9.00. The van der Waals surface area contributed by atoms with Crippen molar-refractivity contribution in [2.75, 3.05) is 0 Å². The van der Waals surface area contributed by atoms with Crippen molar-refractivity contribution in [2.24, 2.45) is 0 Å². The van der Waals surface area contributed by atoms with Crippen molar-refractivity contribution in [3.05, 3.63) is 35.9 Å². The van der Waals surface area contributed by atoms with Gasteiger partial charge in [-0.05, 0) is 19.1 Å². The number of ether oxygens (including phenoxy) is 2. The number of benzene rings is 1. The Hall–Kier alpha value is -1.47. The van der Waals surface area contributed by atoms with Crippen LogP contribution in [0.25, 0.3) is 0 Å². The van der Waals surface area contributed by atoms with Gasteiger partial charge in [0, 0.05) is 0 Å². The van der Waals surface area contributed by atoms with Gasteiger partial charge in [0.25, 0.3) is 0 Å². The Morgan fingerprint density at radius 3 is 2.42 bits per heavy atom. The summed E-state index contributed by atoms with van der Waals surface area (Å²) >= 11 is 0. The van der Waals surface area contributed by atoms with Crippen molar-refractivity contribution in [1.29, 1.82) is 0 Å². The molecule has 3 N–H and O–H groups in total. The minimum Gasteiger partial charge on any atom is -0.453 e. The number of aliphatic hydroxyl groups excluding tert-OH is 3. The maximum absolute atomic E-state index is 11.9. The Labute approximate surface area is 110 Å². The highest BCUT2D eigenvalue weighted by Gasteiger charge is 2.44. The molecule has 6 heteroatoms. The maximum atomic E-state index is 11.9. The highest BCUT2D eigenvalue weighted by molar-refractivity contribution is 5.89. The van der Waals surface area contributed by atoms with Crippen LogP contribution in [0.15, 0.2) is 30.3 Å². The fourth-order valence-electron chi connectivity index (χ4n) is 1.95. The molecule has 1 aliphatic heterocycles. The number of hydrogen-bond donors (Lipinski definition) is 3.